The summed E-state index contributed by atoms with van der Waals surface area (Å²) in [5, 5.41) is 0.421. The third kappa shape index (κ3) is 7.51. The highest BCUT2D eigenvalue weighted by molar-refractivity contribution is 7.62. The minimum absolute atomic E-state index is 0.0823. The van der Waals surface area contributed by atoms with Gasteiger partial charge in [-0.05, 0) is 17.5 Å². The van der Waals surface area contributed by atoms with Crippen molar-refractivity contribution >= 4 is 24.8 Å². The molecule has 1 aromatic carbocycles. The summed E-state index contributed by atoms with van der Waals surface area (Å²) in [5.74, 6) is -1.12. The molecule has 0 heterocycles. The molecule has 0 radical (unpaired) electrons. The summed E-state index contributed by atoms with van der Waals surface area (Å²) >= 11 is 0. The van der Waals surface area contributed by atoms with Gasteiger partial charge in [0.1, 0.15) is 13.2 Å². The summed E-state index contributed by atoms with van der Waals surface area (Å²) in [6.45, 7) is 10.0. The molecule has 0 N–H and O–H groups in total. The van der Waals surface area contributed by atoms with Crippen molar-refractivity contribution < 1.29 is 32.7 Å². The minimum atomic E-state index is -3.73. The Morgan fingerprint density at radius 1 is 0.963 bits per heavy atom. The molecule has 0 spiro atoms. The fourth-order valence-electron chi connectivity index (χ4n) is 2.12. The van der Waals surface area contributed by atoms with Crippen LogP contribution in [0.4, 0.5) is 0 Å². The van der Waals surface area contributed by atoms with Crippen LogP contribution in [-0.4, -0.2) is 38.4 Å². The first-order valence-corrected chi connectivity index (χ1v) is 9.95. The SMILES string of the molecule is C=CC(=O)OCCOP(=O)(OCCOC(=O)C=C)c1ccccc1C(C)C. The average molecular weight is 396 g/mol. The van der Waals surface area contributed by atoms with Crippen LogP contribution in [0.15, 0.2) is 49.6 Å². The Labute approximate surface area is 159 Å². The van der Waals surface area contributed by atoms with Crippen LogP contribution in [0.25, 0.3) is 0 Å². The van der Waals surface area contributed by atoms with Crippen LogP contribution in [0.1, 0.15) is 25.3 Å². The number of carbonyl (C=O) groups excluding carboxylic acids is 2. The molecule has 0 aliphatic carbocycles. The molecular weight excluding hydrogens is 371 g/mol. The molecule has 1 aromatic rings. The smallest absolute Gasteiger partial charge is 0.361 e. The Hall–Kier alpha value is -2.21. The van der Waals surface area contributed by atoms with Gasteiger partial charge in [0.15, 0.2) is 0 Å². The van der Waals surface area contributed by atoms with Gasteiger partial charge in [0, 0.05) is 12.2 Å². The van der Waals surface area contributed by atoms with E-state index in [0.29, 0.717) is 5.30 Å². The van der Waals surface area contributed by atoms with E-state index in [-0.39, 0.29) is 32.3 Å². The maximum absolute atomic E-state index is 13.4. The van der Waals surface area contributed by atoms with E-state index in [9.17, 15) is 14.2 Å². The van der Waals surface area contributed by atoms with Crippen LogP contribution in [0.3, 0.4) is 0 Å². The van der Waals surface area contributed by atoms with E-state index in [1.807, 2.05) is 26.0 Å². The Kier molecular flexibility index (Phi) is 9.72. The fraction of sp³-hybridized carbons (Fsp3) is 0.368. The standard InChI is InChI=1S/C19H25O7P/c1-5-18(20)23-11-13-25-27(22,26-14-12-24-19(21)6-2)17-10-8-7-9-16(17)15(3)4/h5-10,15H,1-2,11-14H2,3-4H3. The summed E-state index contributed by atoms with van der Waals surface area (Å²) in [6.07, 6.45) is 2.05. The average Bonchev–Trinajstić information content (AvgIpc) is 2.68. The molecular formula is C19H25O7P. The van der Waals surface area contributed by atoms with Crippen molar-refractivity contribution in [2.75, 3.05) is 26.4 Å². The summed E-state index contributed by atoms with van der Waals surface area (Å²) in [5.41, 5.74) is 0.812. The molecule has 0 atom stereocenters. The molecule has 1 rings (SSSR count). The zero-order chi connectivity index (χ0) is 20.3. The van der Waals surface area contributed by atoms with Crippen molar-refractivity contribution in [1.29, 1.82) is 0 Å². The number of rotatable bonds is 12. The predicted octanol–water partition coefficient (Wildman–Crippen LogP) is 3.12. The van der Waals surface area contributed by atoms with E-state index in [1.165, 1.54) is 0 Å². The van der Waals surface area contributed by atoms with Gasteiger partial charge >= 0.3 is 19.5 Å². The van der Waals surface area contributed by atoms with E-state index >= 15 is 0 Å². The lowest BCUT2D eigenvalue weighted by Crippen LogP contribution is -2.20. The van der Waals surface area contributed by atoms with Crippen LogP contribution >= 0.6 is 7.60 Å². The topological polar surface area (TPSA) is 88.1 Å². The maximum atomic E-state index is 13.4. The third-order valence-corrected chi connectivity index (χ3v) is 5.41. The molecule has 0 saturated carbocycles. The lowest BCUT2D eigenvalue weighted by atomic mass is 10.0. The van der Waals surface area contributed by atoms with Crippen molar-refractivity contribution in [3.63, 3.8) is 0 Å². The maximum Gasteiger partial charge on any atom is 0.361 e. The number of ether oxygens (including phenoxy) is 2. The van der Waals surface area contributed by atoms with Crippen molar-refractivity contribution in [2.45, 2.75) is 19.8 Å². The second-order valence-electron chi connectivity index (χ2n) is 5.62. The normalized spacial score (nSPS) is 11.1. The summed E-state index contributed by atoms with van der Waals surface area (Å²) < 4.78 is 34.1. The van der Waals surface area contributed by atoms with Crippen molar-refractivity contribution in [1.82, 2.24) is 0 Å². The number of hydrogen-bond donors (Lipinski definition) is 0. The molecule has 0 aliphatic heterocycles. The summed E-state index contributed by atoms with van der Waals surface area (Å²) in [7, 11) is -3.73. The predicted molar refractivity (Wildman–Crippen MR) is 102 cm³/mol. The summed E-state index contributed by atoms with van der Waals surface area (Å²) in [6, 6.07) is 7.08. The zero-order valence-electron chi connectivity index (χ0n) is 15.6. The molecule has 0 unspecified atom stereocenters. The van der Waals surface area contributed by atoms with E-state index < -0.39 is 19.5 Å². The minimum Gasteiger partial charge on any atom is -0.460 e. The Morgan fingerprint density at radius 3 is 1.89 bits per heavy atom. The fourth-order valence-corrected chi connectivity index (χ4v) is 4.02. The lowest BCUT2D eigenvalue weighted by molar-refractivity contribution is -0.139. The van der Waals surface area contributed by atoms with Crippen LogP contribution in [-0.2, 0) is 32.7 Å². The zero-order valence-corrected chi connectivity index (χ0v) is 16.5. The van der Waals surface area contributed by atoms with Crippen molar-refractivity contribution in [3.05, 3.63) is 55.1 Å². The molecule has 7 nitrogen and oxygen atoms in total. The second kappa shape index (κ2) is 11.5. The highest BCUT2D eigenvalue weighted by Gasteiger charge is 2.31. The van der Waals surface area contributed by atoms with Gasteiger partial charge in [0.2, 0.25) is 0 Å². The number of benzene rings is 1. The van der Waals surface area contributed by atoms with Gasteiger partial charge < -0.3 is 18.5 Å². The van der Waals surface area contributed by atoms with Gasteiger partial charge in [0.25, 0.3) is 0 Å². The molecule has 0 aliphatic rings. The van der Waals surface area contributed by atoms with Gasteiger partial charge in [-0.15, -0.1) is 0 Å². The number of carbonyl (C=O) groups is 2. The first-order chi connectivity index (χ1) is 12.8. The first kappa shape index (κ1) is 22.8. The monoisotopic (exact) mass is 396 g/mol. The van der Waals surface area contributed by atoms with Gasteiger partial charge in [-0.3, -0.25) is 4.57 Å². The molecule has 0 aromatic heterocycles. The Balaban J connectivity index is 2.89. The quantitative estimate of drug-likeness (QED) is 0.232. The van der Waals surface area contributed by atoms with Crippen molar-refractivity contribution in [2.24, 2.45) is 0 Å². The Morgan fingerprint density at radius 2 is 1.44 bits per heavy atom. The molecule has 8 heteroatoms. The molecule has 0 fully saturated rings. The molecule has 0 bridgehead atoms. The largest absolute Gasteiger partial charge is 0.460 e. The molecule has 0 saturated heterocycles. The summed E-state index contributed by atoms with van der Waals surface area (Å²) in [4.78, 5) is 22.2. The van der Waals surface area contributed by atoms with Crippen LogP contribution in [0.2, 0.25) is 0 Å². The van der Waals surface area contributed by atoms with E-state index in [0.717, 1.165) is 17.7 Å². The number of hydrogen-bond acceptors (Lipinski definition) is 7. The van der Waals surface area contributed by atoms with Gasteiger partial charge in [-0.25, -0.2) is 9.59 Å². The van der Waals surface area contributed by atoms with E-state index in [4.69, 9.17) is 18.5 Å². The van der Waals surface area contributed by atoms with Gasteiger partial charge in [-0.2, -0.15) is 0 Å². The highest BCUT2D eigenvalue weighted by Crippen LogP contribution is 2.48. The first-order valence-electron chi connectivity index (χ1n) is 8.41. The van der Waals surface area contributed by atoms with Crippen LogP contribution in [0, 0.1) is 0 Å². The molecule has 148 valence electrons. The number of esters is 2. The molecule has 27 heavy (non-hydrogen) atoms. The third-order valence-electron chi connectivity index (χ3n) is 3.36. The van der Waals surface area contributed by atoms with Gasteiger partial charge in [-0.1, -0.05) is 45.2 Å². The lowest BCUT2D eigenvalue weighted by Gasteiger charge is -2.22. The van der Waals surface area contributed by atoms with Gasteiger partial charge in [0.05, 0.1) is 18.5 Å². The Bertz CT molecular complexity index is 680. The highest BCUT2D eigenvalue weighted by atomic mass is 31.2. The van der Waals surface area contributed by atoms with E-state index in [1.54, 1.807) is 12.1 Å². The van der Waals surface area contributed by atoms with Crippen LogP contribution < -0.4 is 5.30 Å². The molecule has 0 amide bonds. The van der Waals surface area contributed by atoms with Crippen molar-refractivity contribution in [3.8, 4) is 0 Å². The second-order valence-corrected chi connectivity index (χ2v) is 7.61. The van der Waals surface area contributed by atoms with Crippen LogP contribution in [0.5, 0.6) is 0 Å². The van der Waals surface area contributed by atoms with E-state index in [2.05, 4.69) is 13.2 Å².